The second kappa shape index (κ2) is 3.95. The van der Waals surface area contributed by atoms with Crippen molar-refractivity contribution in [3.05, 3.63) is 0 Å². The number of aliphatic carboxylic acids is 1. The van der Waals surface area contributed by atoms with Gasteiger partial charge < -0.3 is 15.2 Å². The molecule has 0 radical (unpaired) electrons. The summed E-state index contributed by atoms with van der Waals surface area (Å²) in [6, 6.07) is -0.752. The molecule has 1 saturated heterocycles. The predicted molar refractivity (Wildman–Crippen MR) is 26.2 cm³/mol. The van der Waals surface area contributed by atoms with Crippen LogP contribution in [0.5, 0.6) is 0 Å². The van der Waals surface area contributed by atoms with Crippen molar-refractivity contribution < 1.29 is 44.3 Å². The van der Waals surface area contributed by atoms with Gasteiger partial charge in [-0.25, -0.2) is 0 Å². The van der Waals surface area contributed by atoms with Gasteiger partial charge in [0.25, 0.3) is 0 Å². The molecule has 1 N–H and O–H groups in total. The van der Waals surface area contributed by atoms with Gasteiger partial charge in [-0.15, -0.1) is 0 Å². The molecule has 0 unspecified atom stereocenters. The molecular formula is C5H6NNaO3. The van der Waals surface area contributed by atoms with E-state index in [1.54, 1.807) is 0 Å². The van der Waals surface area contributed by atoms with Gasteiger partial charge in [0.2, 0.25) is 5.91 Å². The number of carbonyl (C=O) groups excluding carboxylic acids is 2. The van der Waals surface area contributed by atoms with Gasteiger partial charge in [0.15, 0.2) is 0 Å². The number of carboxylic acids is 1. The molecule has 1 amide bonds. The quantitative estimate of drug-likeness (QED) is 0.381. The number of amides is 1. The summed E-state index contributed by atoms with van der Waals surface area (Å²) < 4.78 is 0. The molecule has 1 aliphatic rings. The normalized spacial score (nSPS) is 23.2. The maximum absolute atomic E-state index is 10.4. The summed E-state index contributed by atoms with van der Waals surface area (Å²) in [6.07, 6.45) is 0.666. The number of hydrogen-bond donors (Lipinski definition) is 1. The summed E-state index contributed by atoms with van der Waals surface area (Å²) in [5.41, 5.74) is 0. The van der Waals surface area contributed by atoms with Crippen LogP contribution in [0.1, 0.15) is 12.8 Å². The van der Waals surface area contributed by atoms with Crippen molar-refractivity contribution >= 4 is 11.9 Å². The van der Waals surface area contributed by atoms with Crippen LogP contribution in [0, 0.1) is 0 Å². The maximum atomic E-state index is 10.4. The summed E-state index contributed by atoms with van der Waals surface area (Å²) in [6.45, 7) is 0. The van der Waals surface area contributed by atoms with Gasteiger partial charge in [-0.3, -0.25) is 4.79 Å². The first-order valence-electron chi connectivity index (χ1n) is 2.70. The van der Waals surface area contributed by atoms with E-state index >= 15 is 0 Å². The van der Waals surface area contributed by atoms with E-state index in [2.05, 4.69) is 5.32 Å². The van der Waals surface area contributed by atoms with Crippen LogP contribution in [0.2, 0.25) is 0 Å². The molecule has 10 heavy (non-hydrogen) atoms. The Labute approximate surface area is 80.3 Å². The maximum Gasteiger partial charge on any atom is 1.00 e. The van der Waals surface area contributed by atoms with E-state index in [0.717, 1.165) is 0 Å². The van der Waals surface area contributed by atoms with Gasteiger partial charge in [0, 0.05) is 6.42 Å². The average molecular weight is 151 g/mol. The number of nitrogens with one attached hydrogen (secondary N) is 1. The van der Waals surface area contributed by atoms with Crippen LogP contribution < -0.4 is 40.0 Å². The van der Waals surface area contributed by atoms with Crippen LogP contribution in [0.15, 0.2) is 0 Å². The smallest absolute Gasteiger partial charge is 0.548 e. The molecule has 50 valence electrons. The molecule has 0 saturated carbocycles. The summed E-state index contributed by atoms with van der Waals surface area (Å²) in [5.74, 6) is -1.40. The molecule has 5 heteroatoms. The second-order valence-corrected chi connectivity index (χ2v) is 1.98. The van der Waals surface area contributed by atoms with Crippen LogP contribution in [-0.4, -0.2) is 17.9 Å². The Morgan fingerprint density at radius 3 is 2.50 bits per heavy atom. The number of carboxylic acid groups (broad SMARTS) is 1. The summed E-state index contributed by atoms with van der Waals surface area (Å²) in [7, 11) is 0. The molecule has 0 aromatic heterocycles. The minimum atomic E-state index is -1.19. The van der Waals surface area contributed by atoms with Crippen molar-refractivity contribution in [2.24, 2.45) is 0 Å². The molecule has 0 spiro atoms. The molecule has 4 nitrogen and oxygen atoms in total. The van der Waals surface area contributed by atoms with Gasteiger partial charge in [-0.2, -0.15) is 0 Å². The fourth-order valence-electron chi connectivity index (χ4n) is 0.791. The van der Waals surface area contributed by atoms with Crippen molar-refractivity contribution in [1.29, 1.82) is 0 Å². The van der Waals surface area contributed by atoms with Crippen molar-refractivity contribution in [2.45, 2.75) is 18.9 Å². The number of rotatable bonds is 1. The Kier molecular flexibility index (Phi) is 3.93. The Hall–Kier alpha value is -0.0600. The summed E-state index contributed by atoms with van der Waals surface area (Å²) in [5, 5.41) is 12.3. The summed E-state index contributed by atoms with van der Waals surface area (Å²) in [4.78, 5) is 20.4. The standard InChI is InChI=1S/C5H7NO3.Na/c7-4-2-1-3(6-4)5(8)9;/h3H,1-2H2,(H,6,7)(H,8,9);/q;+1/p-1/t3-;/m1./s1. The molecule has 0 bridgehead atoms. The van der Waals surface area contributed by atoms with Gasteiger partial charge in [-0.05, 0) is 6.42 Å². The topological polar surface area (TPSA) is 69.2 Å². The van der Waals surface area contributed by atoms with Crippen LogP contribution in [0.3, 0.4) is 0 Å². The fraction of sp³-hybridized carbons (Fsp3) is 0.600. The minimum Gasteiger partial charge on any atom is -0.548 e. The van der Waals surface area contributed by atoms with E-state index in [-0.39, 0.29) is 35.5 Å². The molecule has 1 fully saturated rings. The zero-order chi connectivity index (χ0) is 6.85. The first-order valence-corrected chi connectivity index (χ1v) is 2.70. The zero-order valence-corrected chi connectivity index (χ0v) is 7.72. The van der Waals surface area contributed by atoms with Crippen LogP contribution in [0.25, 0.3) is 0 Å². The molecule has 0 aromatic rings. The molecule has 0 aliphatic carbocycles. The second-order valence-electron chi connectivity index (χ2n) is 1.98. The first-order chi connectivity index (χ1) is 4.20. The van der Waals surface area contributed by atoms with E-state index in [9.17, 15) is 14.7 Å². The van der Waals surface area contributed by atoms with E-state index in [0.29, 0.717) is 12.8 Å². The van der Waals surface area contributed by atoms with Gasteiger partial charge in [0.1, 0.15) is 0 Å². The van der Waals surface area contributed by atoms with E-state index in [1.165, 1.54) is 0 Å². The molecule has 1 rings (SSSR count). The fourth-order valence-corrected chi connectivity index (χ4v) is 0.791. The third-order valence-electron chi connectivity index (χ3n) is 1.28. The molecule has 0 aromatic carbocycles. The molecular weight excluding hydrogens is 145 g/mol. The number of carbonyl (C=O) groups is 2. The minimum absolute atomic E-state index is 0. The van der Waals surface area contributed by atoms with E-state index in [1.807, 2.05) is 0 Å². The zero-order valence-electron chi connectivity index (χ0n) is 5.72. The van der Waals surface area contributed by atoms with Crippen molar-refractivity contribution in [3.8, 4) is 0 Å². The van der Waals surface area contributed by atoms with Crippen LogP contribution >= 0.6 is 0 Å². The Bertz CT molecular complexity index is 159. The van der Waals surface area contributed by atoms with Crippen molar-refractivity contribution in [2.75, 3.05) is 0 Å². The molecule has 1 heterocycles. The Morgan fingerprint density at radius 2 is 2.30 bits per heavy atom. The van der Waals surface area contributed by atoms with Crippen LogP contribution in [-0.2, 0) is 9.59 Å². The summed E-state index contributed by atoms with van der Waals surface area (Å²) >= 11 is 0. The van der Waals surface area contributed by atoms with Crippen molar-refractivity contribution in [3.63, 3.8) is 0 Å². The van der Waals surface area contributed by atoms with E-state index in [4.69, 9.17) is 0 Å². The molecule has 1 aliphatic heterocycles. The first kappa shape index (κ1) is 9.94. The van der Waals surface area contributed by atoms with E-state index < -0.39 is 12.0 Å². The van der Waals surface area contributed by atoms with Crippen molar-refractivity contribution in [1.82, 2.24) is 5.32 Å². The largest absolute Gasteiger partial charge is 1.00 e. The SMILES string of the molecule is O=C1CC[C@H](C(=O)[O-])N1.[Na+]. The van der Waals surface area contributed by atoms with Gasteiger partial charge in [0.05, 0.1) is 12.0 Å². The Morgan fingerprint density at radius 1 is 1.70 bits per heavy atom. The average Bonchev–Trinajstić information content (AvgIpc) is 2.14. The molecule has 1 atom stereocenters. The number of hydrogen-bond acceptors (Lipinski definition) is 3. The third-order valence-corrected chi connectivity index (χ3v) is 1.28. The predicted octanol–water partition coefficient (Wildman–Crippen LogP) is -4.98. The van der Waals surface area contributed by atoms with Gasteiger partial charge in [-0.1, -0.05) is 0 Å². The third kappa shape index (κ3) is 2.28. The monoisotopic (exact) mass is 151 g/mol. The Balaban J connectivity index is 0.000000810. The van der Waals surface area contributed by atoms with Gasteiger partial charge >= 0.3 is 29.6 Å². The van der Waals surface area contributed by atoms with Crippen LogP contribution in [0.4, 0.5) is 0 Å².